The van der Waals surface area contributed by atoms with Crippen LogP contribution in [0.15, 0.2) is 79.8 Å². The normalized spacial score (nSPS) is 17.2. The Balaban J connectivity index is 0.844. The third kappa shape index (κ3) is 20.9. The first-order valence-electron chi connectivity index (χ1n) is 25.5. The number of carbonyl (C=O) groups is 3. The van der Waals surface area contributed by atoms with Crippen molar-refractivity contribution in [2.24, 2.45) is 0 Å². The second-order valence-corrected chi connectivity index (χ2v) is 29.2. The molecule has 3 unspecified atom stereocenters. The summed E-state index contributed by atoms with van der Waals surface area (Å²) in [5, 5.41) is 23.0. The van der Waals surface area contributed by atoms with Crippen LogP contribution in [0, 0.1) is 5.41 Å². The van der Waals surface area contributed by atoms with E-state index in [-0.39, 0.29) is 124 Å². The first kappa shape index (κ1) is 71.9. The topological polar surface area (TPSA) is 530 Å². The summed E-state index contributed by atoms with van der Waals surface area (Å²) in [6.45, 7) is 4.37. The molecular weight excluding hydrogens is 1320 g/mol. The van der Waals surface area contributed by atoms with Crippen LogP contribution in [0.3, 0.4) is 0 Å². The highest BCUT2D eigenvalue weighted by Gasteiger charge is 2.44. The second kappa shape index (κ2) is 30.7. The maximum Gasteiger partial charge on any atom is 0.490 e. The van der Waals surface area contributed by atoms with Gasteiger partial charge in [-0.05, 0) is 61.9 Å². The minimum Gasteiger partial charge on any atom is -0.478 e. The highest BCUT2D eigenvalue weighted by atomic mass is 33.1. The number of anilines is 2. The maximum atomic E-state index is 13.2. The van der Waals surface area contributed by atoms with Crippen molar-refractivity contribution in [1.82, 2.24) is 15.2 Å². The van der Waals surface area contributed by atoms with E-state index >= 15 is 0 Å². The number of aromatic carboxylic acids is 1. The molecule has 1 saturated heterocycles. The predicted octanol–water partition coefficient (Wildman–Crippen LogP) is 3.34. The molecule has 0 bridgehead atoms. The van der Waals surface area contributed by atoms with Gasteiger partial charge in [0.05, 0.1) is 82.2 Å². The lowest BCUT2D eigenvalue weighted by atomic mass is 9.89. The standard InChI is InChI=1S/C47H61N6O28P3S4/c1-47(2,86-85-26-76-35-23-39(53-12-9-28(48)22-38(53)55)78-36(35)24-77-83(62,63)81-84(64,65)80-82(59,60)61)25-52-37(54)10-13-72-15-17-74-19-20-75-18-16-73-14-11-51-45(56)27-3-4-29(32(21-27)46(57)58)40-30-5-7-33(49)43(87(66,67)68)41(30)79-42-31(40)6-8-34(50)44(42)88(69,70)71/h3-9,12,21-22,35-36,39,49H,10-11,13-20,23-26,48,50H2,1-2H3,(H,51,56)(H,52,54)(H,57,58)(H,62,63)(H,64,65)(H2,59,60,61)(H,66,67,68)(H,69,70,71)/t35?,36-,39-/m1/s1. The molecule has 3 aromatic rings. The number of nitrogens with two attached hydrogens (primary N) is 2. The Morgan fingerprint density at radius 2 is 1.43 bits per heavy atom. The van der Waals surface area contributed by atoms with Gasteiger partial charge in [-0.2, -0.15) is 25.5 Å². The van der Waals surface area contributed by atoms with Crippen molar-refractivity contribution in [2.75, 3.05) is 90.0 Å². The number of fused-ring (bicyclic) bond motifs is 2. The number of carboxylic acid groups (broad SMARTS) is 1. The van der Waals surface area contributed by atoms with E-state index in [2.05, 4.69) is 19.3 Å². The second-order valence-electron chi connectivity index (χ2n) is 19.1. The molecule has 2 aliphatic heterocycles. The summed E-state index contributed by atoms with van der Waals surface area (Å²) in [6.07, 6.45) is -1.66. The summed E-state index contributed by atoms with van der Waals surface area (Å²) in [5.74, 6) is -3.33. The van der Waals surface area contributed by atoms with Gasteiger partial charge in [0.1, 0.15) is 18.3 Å². The van der Waals surface area contributed by atoms with Crippen molar-refractivity contribution < 1.29 is 125 Å². The van der Waals surface area contributed by atoms with Crippen LogP contribution < -0.4 is 33.0 Å². The molecule has 5 atom stereocenters. The zero-order valence-corrected chi connectivity index (χ0v) is 52.1. The van der Waals surface area contributed by atoms with Gasteiger partial charge in [-0.25, -0.2) is 18.5 Å². The number of nitrogens with one attached hydrogen (secondary N) is 3. The van der Waals surface area contributed by atoms with Crippen LogP contribution in [0.1, 0.15) is 53.6 Å². The van der Waals surface area contributed by atoms with Gasteiger partial charge in [0.25, 0.3) is 31.7 Å². The lowest BCUT2D eigenvalue weighted by Crippen LogP contribution is -2.36. The van der Waals surface area contributed by atoms with E-state index in [9.17, 15) is 73.7 Å². The fraction of sp³-hybridized carbons (Fsp3) is 0.426. The van der Waals surface area contributed by atoms with Crippen LogP contribution in [-0.2, 0) is 80.3 Å². The molecule has 34 nitrogen and oxygen atoms in total. The average Bonchev–Trinajstić information content (AvgIpc) is 0.885. The van der Waals surface area contributed by atoms with Crippen molar-refractivity contribution in [1.29, 1.82) is 5.41 Å². The highest BCUT2D eigenvalue weighted by molar-refractivity contribution is 8.77. The van der Waals surface area contributed by atoms with E-state index in [4.69, 9.17) is 64.0 Å². The van der Waals surface area contributed by atoms with Crippen molar-refractivity contribution >= 4 is 105 Å². The molecule has 2 aromatic carbocycles. The molecule has 3 heterocycles. The summed E-state index contributed by atoms with van der Waals surface area (Å²) >= 11 is 0. The van der Waals surface area contributed by atoms with Crippen molar-refractivity contribution in [3.63, 3.8) is 0 Å². The minimum atomic E-state index is -5.79. The summed E-state index contributed by atoms with van der Waals surface area (Å²) in [4.78, 5) is 86.0. The number of carbonyl (C=O) groups excluding carboxylic acids is 2. The monoisotopic (exact) mass is 1380 g/mol. The van der Waals surface area contributed by atoms with Gasteiger partial charge < -0.3 is 79.6 Å². The molecule has 14 N–H and O–H groups in total. The fourth-order valence-electron chi connectivity index (χ4n) is 8.28. The first-order valence-corrected chi connectivity index (χ1v) is 35.2. The molecule has 2 amide bonds. The SMILES string of the molecule is CC(C)(CNC(=O)CCOCCOCCOCCOCCNC(=O)c1ccc(-c2c3ccc(=N)c(S(=O)(=O)O)c-3oc3c(S(=O)(=O)O)c(N)ccc23)c(C(=O)O)c1)SSCOC1C[C@H](n2ccc(N)cc2=O)O[C@@H]1COP(=O)(O)OP(=O)(O)OP(=O)(O)O. The van der Waals surface area contributed by atoms with Crippen molar-refractivity contribution in [2.45, 2.75) is 59.7 Å². The number of hydrogen-bond acceptors (Lipinski definition) is 26. The Morgan fingerprint density at radius 1 is 0.807 bits per heavy atom. The van der Waals surface area contributed by atoms with Crippen LogP contribution in [-0.4, -0.2) is 168 Å². The molecule has 41 heteroatoms. The number of nitrogens with zero attached hydrogens (tertiary/aromatic N) is 1. The fourth-order valence-corrected chi connectivity index (χ4v) is 15.0. The molecule has 1 aromatic heterocycles. The van der Waals surface area contributed by atoms with Gasteiger partial charge in [0.15, 0.2) is 21.1 Å². The van der Waals surface area contributed by atoms with Gasteiger partial charge in [0.2, 0.25) is 5.91 Å². The quantitative estimate of drug-likeness (QED) is 0.00526. The number of ether oxygens (including phenoxy) is 6. The smallest absolute Gasteiger partial charge is 0.478 e. The Kier molecular flexibility index (Phi) is 25.1. The molecule has 0 spiro atoms. The maximum absolute atomic E-state index is 13.2. The minimum absolute atomic E-state index is 0.00957. The van der Waals surface area contributed by atoms with Crippen LogP contribution in [0.4, 0.5) is 11.4 Å². The Morgan fingerprint density at radius 3 is 2.05 bits per heavy atom. The summed E-state index contributed by atoms with van der Waals surface area (Å²) < 4.78 is 158. The van der Waals surface area contributed by atoms with E-state index < -0.39 is 129 Å². The summed E-state index contributed by atoms with van der Waals surface area (Å²) in [5.41, 5.74) is 8.75. The van der Waals surface area contributed by atoms with Gasteiger partial charge in [0, 0.05) is 70.7 Å². The molecule has 3 aliphatic rings. The summed E-state index contributed by atoms with van der Waals surface area (Å²) in [6, 6.07) is 10.5. The van der Waals surface area contributed by atoms with Crippen molar-refractivity contribution in [3.05, 3.63) is 87.6 Å². The largest absolute Gasteiger partial charge is 0.490 e. The van der Waals surface area contributed by atoms with Crippen LogP contribution in [0.25, 0.3) is 33.4 Å². The molecule has 6 rings (SSSR count). The van der Waals surface area contributed by atoms with Crippen LogP contribution >= 0.6 is 45.1 Å². The molecular formula is C47H61N6O28P3S4. The zero-order chi connectivity index (χ0) is 65.0. The zero-order valence-electron chi connectivity index (χ0n) is 46.2. The van der Waals surface area contributed by atoms with E-state index in [1.54, 1.807) is 0 Å². The Labute approximate surface area is 508 Å². The molecule has 88 heavy (non-hydrogen) atoms. The average molecular weight is 1380 g/mol. The van der Waals surface area contributed by atoms with Crippen LogP contribution in [0.2, 0.25) is 0 Å². The van der Waals surface area contributed by atoms with Gasteiger partial charge in [-0.15, -0.1) is 0 Å². The molecule has 0 saturated carbocycles. The van der Waals surface area contributed by atoms with E-state index in [0.29, 0.717) is 0 Å². The lowest BCUT2D eigenvalue weighted by molar-refractivity contribution is -0.122. The number of hydrogen-bond donors (Lipinski definition) is 12. The third-order valence-electron chi connectivity index (χ3n) is 12.0. The van der Waals surface area contributed by atoms with Crippen LogP contribution in [0.5, 0.6) is 0 Å². The number of phosphoric acid groups is 3. The number of rotatable bonds is 35. The number of nitrogen functional groups attached to an aromatic ring is 2. The number of aromatic nitrogens is 1. The van der Waals surface area contributed by atoms with E-state index in [1.165, 1.54) is 62.7 Å². The molecule has 1 aliphatic carbocycles. The van der Waals surface area contributed by atoms with E-state index in [1.807, 2.05) is 13.8 Å². The van der Waals surface area contributed by atoms with E-state index in [0.717, 1.165) is 24.3 Å². The number of pyridine rings is 1. The third-order valence-corrected chi connectivity index (χ3v) is 20.6. The lowest BCUT2D eigenvalue weighted by Gasteiger charge is -2.24. The van der Waals surface area contributed by atoms with Gasteiger partial charge in [-0.3, -0.25) is 38.0 Å². The number of phosphoric ester groups is 1. The Hall–Kier alpha value is -5.22. The number of benzene rings is 3. The Bertz CT molecular complexity index is 3830. The first-order chi connectivity index (χ1) is 41.1. The molecule has 1 fully saturated rings. The molecule has 486 valence electrons. The van der Waals surface area contributed by atoms with Gasteiger partial charge >= 0.3 is 29.4 Å². The predicted molar refractivity (Wildman–Crippen MR) is 311 cm³/mol. The van der Waals surface area contributed by atoms with Crippen molar-refractivity contribution in [3.8, 4) is 22.5 Å². The number of amides is 2. The summed E-state index contributed by atoms with van der Waals surface area (Å²) in [7, 11) is -24.8. The number of carboxylic acids is 1. The van der Waals surface area contributed by atoms with Gasteiger partial charge in [-0.1, -0.05) is 27.7 Å². The highest BCUT2D eigenvalue weighted by Crippen LogP contribution is 2.66. The molecule has 0 radical (unpaired) electrons.